The first-order chi connectivity index (χ1) is 11.2. The lowest BCUT2D eigenvalue weighted by atomic mass is 10.0. The summed E-state index contributed by atoms with van der Waals surface area (Å²) >= 11 is 0. The molecule has 136 valence electrons. The number of aliphatic hydroxyl groups is 1. The smallest absolute Gasteiger partial charge is 0.0936 e. The Morgan fingerprint density at radius 2 is 1.26 bits per heavy atom. The fourth-order valence-corrected chi connectivity index (χ4v) is 2.71. The maximum absolute atomic E-state index is 10.3. The topological polar surface area (TPSA) is 60.4 Å². The van der Waals surface area contributed by atoms with Crippen LogP contribution in [0.2, 0.25) is 0 Å². The summed E-state index contributed by atoms with van der Waals surface area (Å²) in [6.07, 6.45) is 21.0. The molecule has 3 nitrogen and oxygen atoms in total. The normalized spacial score (nSPS) is 12.8. The first-order valence-corrected chi connectivity index (χ1v) is 9.72. The minimum atomic E-state index is -1.38. The second-order valence-corrected chi connectivity index (χ2v) is 6.56. The Morgan fingerprint density at radius 3 is 1.74 bits per heavy atom. The number of aliphatic hydroxyl groups excluding tert-OH is 1. The van der Waals surface area contributed by atoms with Crippen molar-refractivity contribution in [2.45, 2.75) is 109 Å². The zero-order chi connectivity index (χ0) is 17.2. The van der Waals surface area contributed by atoms with Gasteiger partial charge in [0, 0.05) is 0 Å². The summed E-state index contributed by atoms with van der Waals surface area (Å²) in [7, 11) is 0. The second-order valence-electron chi connectivity index (χ2n) is 6.56. The molecule has 0 spiro atoms. The molecule has 0 saturated heterocycles. The zero-order valence-corrected chi connectivity index (χ0v) is 15.1. The van der Waals surface area contributed by atoms with Gasteiger partial charge < -0.3 is 15.0 Å². The zero-order valence-electron chi connectivity index (χ0n) is 15.1. The predicted molar refractivity (Wildman–Crippen MR) is 95.1 cm³/mol. The fraction of sp³-hybridized carbons (Fsp3) is 0.850. The van der Waals surface area contributed by atoms with Gasteiger partial charge in [-0.25, -0.2) is 0 Å². The van der Waals surface area contributed by atoms with E-state index in [1.165, 1.54) is 77.0 Å². The minimum absolute atomic E-state index is 0.247. The van der Waals surface area contributed by atoms with Crippen molar-refractivity contribution >= 4 is 5.97 Å². The summed E-state index contributed by atoms with van der Waals surface area (Å²) in [5, 5.41) is 19.4. The molecule has 0 aliphatic rings. The highest BCUT2D eigenvalue weighted by atomic mass is 16.4. The molecule has 0 amide bonds. The van der Waals surface area contributed by atoms with E-state index in [2.05, 4.69) is 13.0 Å². The van der Waals surface area contributed by atoms with Gasteiger partial charge >= 0.3 is 0 Å². The third-order valence-corrected chi connectivity index (χ3v) is 4.27. The Morgan fingerprint density at radius 1 is 0.826 bits per heavy atom. The first kappa shape index (κ1) is 22.2. The summed E-state index contributed by atoms with van der Waals surface area (Å²) in [5.74, 6) is -1.38. The SMILES string of the molecule is CCCCCCCCCCCCCC/C=C/CCC(O)C(=O)[O-]. The molecule has 1 atom stereocenters. The average Bonchev–Trinajstić information content (AvgIpc) is 2.54. The highest BCUT2D eigenvalue weighted by Crippen LogP contribution is 2.12. The van der Waals surface area contributed by atoms with E-state index < -0.39 is 12.1 Å². The van der Waals surface area contributed by atoms with Crippen molar-refractivity contribution in [1.29, 1.82) is 0 Å². The average molecular weight is 326 g/mol. The van der Waals surface area contributed by atoms with Crippen LogP contribution in [-0.4, -0.2) is 17.2 Å². The molecule has 0 bridgehead atoms. The quantitative estimate of drug-likeness (QED) is 0.316. The monoisotopic (exact) mass is 325 g/mol. The van der Waals surface area contributed by atoms with E-state index in [0.717, 1.165) is 6.42 Å². The minimum Gasteiger partial charge on any atom is -0.547 e. The van der Waals surface area contributed by atoms with E-state index in [0.29, 0.717) is 6.42 Å². The molecule has 0 rings (SSSR count). The van der Waals surface area contributed by atoms with E-state index in [1.807, 2.05) is 6.08 Å². The lowest BCUT2D eigenvalue weighted by molar-refractivity contribution is -0.315. The van der Waals surface area contributed by atoms with Gasteiger partial charge in [0.1, 0.15) is 0 Å². The van der Waals surface area contributed by atoms with Gasteiger partial charge in [-0.2, -0.15) is 0 Å². The molecule has 0 heterocycles. The van der Waals surface area contributed by atoms with Crippen LogP contribution in [-0.2, 0) is 4.79 Å². The van der Waals surface area contributed by atoms with Gasteiger partial charge in [-0.1, -0.05) is 89.7 Å². The van der Waals surface area contributed by atoms with Crippen molar-refractivity contribution in [3.05, 3.63) is 12.2 Å². The number of hydrogen-bond acceptors (Lipinski definition) is 3. The Bertz CT molecular complexity index is 287. The number of carboxylic acids is 1. The van der Waals surface area contributed by atoms with E-state index >= 15 is 0 Å². The molecular formula is C20H37O3-. The largest absolute Gasteiger partial charge is 0.547 e. The van der Waals surface area contributed by atoms with Crippen LogP contribution in [0.1, 0.15) is 103 Å². The van der Waals surface area contributed by atoms with Crippen molar-refractivity contribution in [2.24, 2.45) is 0 Å². The molecule has 1 N–H and O–H groups in total. The Hall–Kier alpha value is -0.830. The second kappa shape index (κ2) is 17.5. The van der Waals surface area contributed by atoms with Gasteiger partial charge in [-0.15, -0.1) is 0 Å². The van der Waals surface area contributed by atoms with Crippen LogP contribution in [0.3, 0.4) is 0 Å². The van der Waals surface area contributed by atoms with E-state index in [9.17, 15) is 9.90 Å². The van der Waals surface area contributed by atoms with E-state index in [-0.39, 0.29) is 6.42 Å². The summed E-state index contributed by atoms with van der Waals surface area (Å²) in [5.41, 5.74) is 0. The lowest BCUT2D eigenvalue weighted by Crippen LogP contribution is -2.35. The number of aliphatic carboxylic acids is 1. The molecule has 23 heavy (non-hydrogen) atoms. The molecule has 0 fully saturated rings. The maximum atomic E-state index is 10.3. The van der Waals surface area contributed by atoms with Crippen LogP contribution in [0.25, 0.3) is 0 Å². The number of allylic oxidation sites excluding steroid dienone is 2. The van der Waals surface area contributed by atoms with Gasteiger partial charge in [0.25, 0.3) is 0 Å². The van der Waals surface area contributed by atoms with Crippen molar-refractivity contribution in [1.82, 2.24) is 0 Å². The molecule has 0 aromatic carbocycles. The summed E-state index contributed by atoms with van der Waals surface area (Å²) in [4.78, 5) is 10.3. The number of rotatable bonds is 17. The molecule has 0 aromatic rings. The standard InChI is InChI=1S/C20H38O3/c1-2-3-4-5-6-7-8-9-10-11-12-13-14-15-16-17-18-19(21)20(22)23/h15-16,19,21H,2-14,17-18H2,1H3,(H,22,23)/p-1/b16-15+. The Balaban J connectivity index is 3.14. The molecule has 0 aliphatic heterocycles. The Kier molecular flexibility index (Phi) is 16.9. The highest BCUT2D eigenvalue weighted by Gasteiger charge is 2.01. The van der Waals surface area contributed by atoms with Crippen molar-refractivity contribution in [3.8, 4) is 0 Å². The number of hydrogen-bond donors (Lipinski definition) is 1. The first-order valence-electron chi connectivity index (χ1n) is 9.72. The number of carbonyl (C=O) groups is 1. The fourth-order valence-electron chi connectivity index (χ4n) is 2.71. The van der Waals surface area contributed by atoms with Gasteiger partial charge in [0.15, 0.2) is 0 Å². The van der Waals surface area contributed by atoms with Gasteiger partial charge in [0.2, 0.25) is 0 Å². The molecule has 0 aliphatic carbocycles. The van der Waals surface area contributed by atoms with Gasteiger partial charge in [-0.3, -0.25) is 0 Å². The number of carboxylic acid groups (broad SMARTS) is 1. The molecule has 0 radical (unpaired) electrons. The summed E-state index contributed by atoms with van der Waals surface area (Å²) in [6, 6.07) is 0. The third-order valence-electron chi connectivity index (χ3n) is 4.27. The number of unbranched alkanes of at least 4 members (excludes halogenated alkanes) is 12. The molecule has 1 unspecified atom stereocenters. The highest BCUT2D eigenvalue weighted by molar-refractivity contribution is 5.69. The van der Waals surface area contributed by atoms with Crippen molar-refractivity contribution < 1.29 is 15.0 Å². The number of carbonyl (C=O) groups excluding carboxylic acids is 1. The molecule has 0 saturated carbocycles. The van der Waals surface area contributed by atoms with Gasteiger partial charge in [-0.05, 0) is 25.7 Å². The van der Waals surface area contributed by atoms with Crippen LogP contribution in [0.4, 0.5) is 0 Å². The van der Waals surface area contributed by atoms with Crippen LogP contribution in [0.5, 0.6) is 0 Å². The van der Waals surface area contributed by atoms with Crippen LogP contribution in [0, 0.1) is 0 Å². The van der Waals surface area contributed by atoms with Crippen LogP contribution in [0.15, 0.2) is 12.2 Å². The van der Waals surface area contributed by atoms with E-state index in [1.54, 1.807) is 0 Å². The molecule has 3 heteroatoms. The van der Waals surface area contributed by atoms with Crippen molar-refractivity contribution in [2.75, 3.05) is 0 Å². The lowest BCUT2D eigenvalue weighted by Gasteiger charge is -2.08. The van der Waals surface area contributed by atoms with Gasteiger partial charge in [0.05, 0.1) is 12.1 Å². The van der Waals surface area contributed by atoms with Crippen molar-refractivity contribution in [3.63, 3.8) is 0 Å². The van der Waals surface area contributed by atoms with Crippen LogP contribution < -0.4 is 5.11 Å². The molecule has 0 aromatic heterocycles. The maximum Gasteiger partial charge on any atom is 0.0936 e. The Labute approximate surface area is 143 Å². The molecular weight excluding hydrogens is 288 g/mol. The summed E-state index contributed by atoms with van der Waals surface area (Å²) in [6.45, 7) is 2.26. The third kappa shape index (κ3) is 17.4. The van der Waals surface area contributed by atoms with Crippen LogP contribution >= 0.6 is 0 Å². The van der Waals surface area contributed by atoms with E-state index in [4.69, 9.17) is 5.11 Å². The predicted octanol–water partition coefficient (Wildman–Crippen LogP) is 4.52. The summed E-state index contributed by atoms with van der Waals surface area (Å²) < 4.78 is 0.